The number of halogens is 2. The summed E-state index contributed by atoms with van der Waals surface area (Å²) in [5.41, 5.74) is 3.20. The van der Waals surface area contributed by atoms with E-state index in [0.717, 1.165) is 55.5 Å². The molecule has 0 radical (unpaired) electrons. The van der Waals surface area contributed by atoms with E-state index in [-0.39, 0.29) is 17.8 Å². The standard InChI is InChI=1S/C28H30F2N6O/c1-3-5-27(24-13-25(29)15-26(30)14-24)33-36(20-37)19-21-6-4-7-23(12-21)28-31-16-22(17-32-28)18-35-10-8-34(2)9-11-35/h3-7,12-17,20H,8-11,18-19H2,1-2H3/b5-3-,33-27+. The van der Waals surface area contributed by atoms with E-state index < -0.39 is 11.6 Å². The number of benzene rings is 2. The number of aromatic nitrogens is 2. The lowest BCUT2D eigenvalue weighted by atomic mass is 10.1. The molecule has 1 aliphatic heterocycles. The molecular formula is C28H30F2N6O. The summed E-state index contributed by atoms with van der Waals surface area (Å²) in [5.74, 6) is -0.839. The Hall–Kier alpha value is -3.82. The minimum absolute atomic E-state index is 0.164. The molecule has 0 saturated carbocycles. The monoisotopic (exact) mass is 504 g/mol. The van der Waals surface area contributed by atoms with Crippen molar-refractivity contribution in [3.63, 3.8) is 0 Å². The Morgan fingerprint density at radius 1 is 1.03 bits per heavy atom. The molecule has 37 heavy (non-hydrogen) atoms. The number of piperazine rings is 1. The molecule has 0 spiro atoms. The summed E-state index contributed by atoms with van der Waals surface area (Å²) in [6.07, 6.45) is 7.58. The Bertz CT molecular complexity index is 1250. The van der Waals surface area contributed by atoms with Crippen LogP contribution in [0.3, 0.4) is 0 Å². The normalized spacial score (nSPS) is 15.3. The molecule has 1 amide bonds. The van der Waals surface area contributed by atoms with Crippen molar-refractivity contribution >= 4 is 12.1 Å². The van der Waals surface area contributed by atoms with E-state index in [0.29, 0.717) is 12.2 Å². The predicted molar refractivity (Wildman–Crippen MR) is 140 cm³/mol. The molecule has 3 aromatic rings. The highest BCUT2D eigenvalue weighted by atomic mass is 19.1. The van der Waals surface area contributed by atoms with Gasteiger partial charge in [-0.25, -0.2) is 23.8 Å². The molecule has 9 heteroatoms. The molecule has 1 saturated heterocycles. The Morgan fingerprint density at radius 2 is 1.73 bits per heavy atom. The van der Waals surface area contributed by atoms with Crippen molar-refractivity contribution in [1.29, 1.82) is 0 Å². The predicted octanol–water partition coefficient (Wildman–Crippen LogP) is 4.11. The molecule has 192 valence electrons. The Labute approximate surface area is 215 Å². The molecule has 0 bridgehead atoms. The Morgan fingerprint density at radius 3 is 2.38 bits per heavy atom. The van der Waals surface area contributed by atoms with Crippen LogP contribution in [0.15, 0.2) is 72.1 Å². The lowest BCUT2D eigenvalue weighted by molar-refractivity contribution is -0.118. The van der Waals surface area contributed by atoms with Crippen LogP contribution in [0.1, 0.15) is 23.6 Å². The molecule has 0 atom stereocenters. The number of carbonyl (C=O) groups is 1. The number of likely N-dealkylation sites (N-methyl/N-ethyl adjacent to an activating group) is 1. The van der Waals surface area contributed by atoms with Crippen LogP contribution in [0.2, 0.25) is 0 Å². The number of hydrazone groups is 1. The maximum Gasteiger partial charge on any atom is 0.230 e. The second kappa shape index (κ2) is 12.4. The fraction of sp³-hybridized carbons (Fsp3) is 0.286. The van der Waals surface area contributed by atoms with E-state index in [1.807, 2.05) is 36.7 Å². The van der Waals surface area contributed by atoms with Crippen LogP contribution < -0.4 is 0 Å². The van der Waals surface area contributed by atoms with Crippen LogP contribution in [0.25, 0.3) is 11.4 Å². The molecule has 2 heterocycles. The van der Waals surface area contributed by atoms with Gasteiger partial charge in [0.2, 0.25) is 6.41 Å². The van der Waals surface area contributed by atoms with Gasteiger partial charge in [0.05, 0.1) is 12.3 Å². The molecule has 7 nitrogen and oxygen atoms in total. The number of carbonyl (C=O) groups excluding carboxylic acids is 1. The average molecular weight is 505 g/mol. The van der Waals surface area contributed by atoms with Gasteiger partial charge in [-0.3, -0.25) is 9.69 Å². The van der Waals surface area contributed by atoms with Crippen molar-refractivity contribution in [1.82, 2.24) is 24.8 Å². The van der Waals surface area contributed by atoms with Gasteiger partial charge in [0.15, 0.2) is 5.82 Å². The lowest BCUT2D eigenvalue weighted by Gasteiger charge is -2.32. The first-order valence-corrected chi connectivity index (χ1v) is 12.1. The molecule has 0 unspecified atom stereocenters. The largest absolute Gasteiger partial charge is 0.304 e. The number of amides is 1. The van der Waals surface area contributed by atoms with Gasteiger partial charge in [0, 0.05) is 67.9 Å². The highest BCUT2D eigenvalue weighted by Gasteiger charge is 2.15. The van der Waals surface area contributed by atoms with E-state index in [9.17, 15) is 13.6 Å². The van der Waals surface area contributed by atoms with Gasteiger partial charge >= 0.3 is 0 Å². The smallest absolute Gasteiger partial charge is 0.230 e. The van der Waals surface area contributed by atoms with E-state index in [2.05, 4.69) is 31.9 Å². The average Bonchev–Trinajstić information content (AvgIpc) is 2.89. The summed E-state index contributed by atoms with van der Waals surface area (Å²) < 4.78 is 27.5. The molecule has 4 rings (SSSR count). The first kappa shape index (κ1) is 26.2. The lowest BCUT2D eigenvalue weighted by Crippen LogP contribution is -2.43. The summed E-state index contributed by atoms with van der Waals surface area (Å²) in [6, 6.07) is 10.7. The minimum Gasteiger partial charge on any atom is -0.304 e. The van der Waals surface area contributed by atoms with Gasteiger partial charge in [-0.15, -0.1) is 0 Å². The summed E-state index contributed by atoms with van der Waals surface area (Å²) in [5, 5.41) is 5.52. The van der Waals surface area contributed by atoms with Crippen LogP contribution in [-0.4, -0.2) is 70.1 Å². The van der Waals surface area contributed by atoms with Crippen molar-refractivity contribution in [3.05, 3.63) is 95.3 Å². The summed E-state index contributed by atoms with van der Waals surface area (Å²) in [4.78, 5) is 25.6. The quantitative estimate of drug-likeness (QED) is 0.249. The van der Waals surface area contributed by atoms with Crippen LogP contribution in [0.5, 0.6) is 0 Å². The maximum absolute atomic E-state index is 13.7. The maximum atomic E-state index is 13.7. The van der Waals surface area contributed by atoms with Crippen molar-refractivity contribution in [2.75, 3.05) is 33.2 Å². The number of allylic oxidation sites excluding steroid dienone is 2. The third-order valence-electron chi connectivity index (χ3n) is 6.08. The zero-order valence-corrected chi connectivity index (χ0v) is 21.0. The van der Waals surface area contributed by atoms with E-state index in [1.54, 1.807) is 19.1 Å². The van der Waals surface area contributed by atoms with Gasteiger partial charge in [-0.05, 0) is 43.8 Å². The zero-order chi connectivity index (χ0) is 26.2. The molecule has 1 aromatic heterocycles. The fourth-order valence-electron chi connectivity index (χ4n) is 4.13. The Balaban J connectivity index is 1.48. The topological polar surface area (TPSA) is 64.9 Å². The second-order valence-corrected chi connectivity index (χ2v) is 9.04. The van der Waals surface area contributed by atoms with Gasteiger partial charge in [0.1, 0.15) is 11.6 Å². The summed E-state index contributed by atoms with van der Waals surface area (Å²) >= 11 is 0. The fourth-order valence-corrected chi connectivity index (χ4v) is 4.13. The molecule has 2 aromatic carbocycles. The van der Waals surface area contributed by atoms with Crippen LogP contribution >= 0.6 is 0 Å². The molecule has 0 N–H and O–H groups in total. The number of hydrogen-bond donors (Lipinski definition) is 0. The molecular weight excluding hydrogens is 474 g/mol. The molecule has 1 fully saturated rings. The van der Waals surface area contributed by atoms with Gasteiger partial charge in [-0.2, -0.15) is 5.10 Å². The van der Waals surface area contributed by atoms with Crippen molar-refractivity contribution in [2.45, 2.75) is 20.0 Å². The summed E-state index contributed by atoms with van der Waals surface area (Å²) in [6.45, 7) is 6.92. The number of hydrogen-bond acceptors (Lipinski definition) is 6. The highest BCUT2D eigenvalue weighted by molar-refractivity contribution is 6.08. The SMILES string of the molecule is C/C=C\C(=N/N(C=O)Cc1cccc(-c2ncc(CN3CCN(C)CC3)cn2)c1)c1cc(F)cc(F)c1. The summed E-state index contributed by atoms with van der Waals surface area (Å²) in [7, 11) is 2.14. The van der Waals surface area contributed by atoms with Crippen LogP contribution in [0.4, 0.5) is 8.78 Å². The van der Waals surface area contributed by atoms with Gasteiger partial charge < -0.3 is 4.90 Å². The van der Waals surface area contributed by atoms with E-state index in [1.165, 1.54) is 17.1 Å². The van der Waals surface area contributed by atoms with Gasteiger partial charge in [0.25, 0.3) is 0 Å². The minimum atomic E-state index is -0.716. The van der Waals surface area contributed by atoms with Gasteiger partial charge in [-0.1, -0.05) is 24.3 Å². The Kier molecular flexibility index (Phi) is 8.81. The molecule has 0 aliphatic carbocycles. The first-order valence-electron chi connectivity index (χ1n) is 12.1. The third kappa shape index (κ3) is 7.34. The highest BCUT2D eigenvalue weighted by Crippen LogP contribution is 2.19. The van der Waals surface area contributed by atoms with Crippen molar-refractivity contribution in [2.24, 2.45) is 5.10 Å². The second-order valence-electron chi connectivity index (χ2n) is 9.04. The number of rotatable bonds is 9. The third-order valence-corrected chi connectivity index (χ3v) is 6.08. The zero-order valence-electron chi connectivity index (χ0n) is 21.0. The number of nitrogens with zero attached hydrogens (tertiary/aromatic N) is 6. The van der Waals surface area contributed by atoms with E-state index >= 15 is 0 Å². The molecule has 1 aliphatic rings. The van der Waals surface area contributed by atoms with Crippen LogP contribution in [-0.2, 0) is 17.9 Å². The van der Waals surface area contributed by atoms with Crippen molar-refractivity contribution in [3.8, 4) is 11.4 Å². The van der Waals surface area contributed by atoms with E-state index in [4.69, 9.17) is 0 Å². The van der Waals surface area contributed by atoms with Crippen molar-refractivity contribution < 1.29 is 13.6 Å². The first-order chi connectivity index (χ1) is 17.9. The van der Waals surface area contributed by atoms with Crippen LogP contribution in [0, 0.1) is 11.6 Å².